The Kier molecular flexibility index (Phi) is 4.59. The lowest BCUT2D eigenvalue weighted by Crippen LogP contribution is -2.36. The fourth-order valence-electron chi connectivity index (χ4n) is 3.00. The van der Waals surface area contributed by atoms with Gasteiger partial charge in [0.05, 0.1) is 0 Å². The summed E-state index contributed by atoms with van der Waals surface area (Å²) < 4.78 is 0. The molecule has 0 aromatic heterocycles. The molecule has 0 unspecified atom stereocenters. The van der Waals surface area contributed by atoms with Crippen LogP contribution >= 0.6 is 0 Å². The Morgan fingerprint density at radius 3 is 2.58 bits per heavy atom. The summed E-state index contributed by atoms with van der Waals surface area (Å²) in [6.07, 6.45) is 6.41. The molecule has 1 aliphatic rings. The number of aryl methyl sites for hydroxylation is 1. The van der Waals surface area contributed by atoms with Gasteiger partial charge in [-0.2, -0.15) is 0 Å². The van der Waals surface area contributed by atoms with Crippen molar-refractivity contribution in [3.63, 3.8) is 0 Å². The van der Waals surface area contributed by atoms with Crippen molar-refractivity contribution in [2.24, 2.45) is 11.1 Å². The molecule has 0 aliphatic heterocycles. The van der Waals surface area contributed by atoms with Gasteiger partial charge >= 0.3 is 0 Å². The average molecular weight is 260 g/mol. The zero-order chi connectivity index (χ0) is 13.7. The van der Waals surface area contributed by atoms with Crippen molar-refractivity contribution in [3.05, 3.63) is 29.8 Å². The maximum absolute atomic E-state index is 12.2. The normalized spacial score (nSPS) is 18.0. The van der Waals surface area contributed by atoms with Crippen LogP contribution in [0.2, 0.25) is 0 Å². The Morgan fingerprint density at radius 1 is 1.26 bits per heavy atom. The molecule has 1 fully saturated rings. The van der Waals surface area contributed by atoms with Crippen LogP contribution in [0, 0.1) is 12.3 Å². The highest BCUT2D eigenvalue weighted by atomic mass is 16.1. The van der Waals surface area contributed by atoms with Gasteiger partial charge in [0, 0.05) is 12.1 Å². The predicted octanol–water partition coefficient (Wildman–Crippen LogP) is 3.23. The number of hydrogen-bond donors (Lipinski definition) is 2. The van der Waals surface area contributed by atoms with E-state index in [9.17, 15) is 4.79 Å². The van der Waals surface area contributed by atoms with Gasteiger partial charge in [-0.15, -0.1) is 0 Å². The highest BCUT2D eigenvalue weighted by Crippen LogP contribution is 2.38. The first-order valence-corrected chi connectivity index (χ1v) is 7.21. The van der Waals surface area contributed by atoms with E-state index in [4.69, 9.17) is 5.73 Å². The fraction of sp³-hybridized carbons (Fsp3) is 0.562. The molecule has 2 rings (SSSR count). The number of para-hydroxylation sites is 1. The van der Waals surface area contributed by atoms with Crippen LogP contribution in [-0.4, -0.2) is 12.5 Å². The summed E-state index contributed by atoms with van der Waals surface area (Å²) >= 11 is 0. The van der Waals surface area contributed by atoms with Gasteiger partial charge in [0.15, 0.2) is 0 Å². The van der Waals surface area contributed by atoms with Gasteiger partial charge in [-0.3, -0.25) is 4.79 Å². The standard InChI is InChI=1S/C16H24N2O/c1-13-7-3-4-8-14(13)18-15(19)11-16(12-17)9-5-2-6-10-16/h3-4,7-8H,2,5-6,9-12,17H2,1H3,(H,18,19). The van der Waals surface area contributed by atoms with Gasteiger partial charge in [0.2, 0.25) is 5.91 Å². The maximum atomic E-state index is 12.2. The van der Waals surface area contributed by atoms with Crippen molar-refractivity contribution in [3.8, 4) is 0 Å². The van der Waals surface area contributed by atoms with E-state index in [2.05, 4.69) is 5.32 Å². The molecule has 3 heteroatoms. The van der Waals surface area contributed by atoms with E-state index in [1.807, 2.05) is 31.2 Å². The summed E-state index contributed by atoms with van der Waals surface area (Å²) in [7, 11) is 0. The molecule has 1 aromatic carbocycles. The Morgan fingerprint density at radius 2 is 1.95 bits per heavy atom. The fourth-order valence-corrected chi connectivity index (χ4v) is 3.00. The largest absolute Gasteiger partial charge is 0.330 e. The minimum Gasteiger partial charge on any atom is -0.330 e. The number of nitrogens with two attached hydrogens (primary N) is 1. The molecule has 0 radical (unpaired) electrons. The van der Waals surface area contributed by atoms with Gasteiger partial charge in [-0.25, -0.2) is 0 Å². The highest BCUT2D eigenvalue weighted by Gasteiger charge is 2.32. The lowest BCUT2D eigenvalue weighted by Gasteiger charge is -2.35. The van der Waals surface area contributed by atoms with Gasteiger partial charge in [0.1, 0.15) is 0 Å². The third-order valence-electron chi connectivity index (χ3n) is 4.30. The molecule has 3 nitrogen and oxygen atoms in total. The van der Waals surface area contributed by atoms with Gasteiger partial charge < -0.3 is 11.1 Å². The predicted molar refractivity (Wildman–Crippen MR) is 79.0 cm³/mol. The van der Waals surface area contributed by atoms with Crippen molar-refractivity contribution in [2.75, 3.05) is 11.9 Å². The van der Waals surface area contributed by atoms with Crippen LogP contribution in [-0.2, 0) is 4.79 Å². The number of nitrogens with one attached hydrogen (secondary N) is 1. The van der Waals surface area contributed by atoms with E-state index in [0.29, 0.717) is 13.0 Å². The molecule has 1 aromatic rings. The number of carbonyl (C=O) groups is 1. The molecule has 104 valence electrons. The smallest absolute Gasteiger partial charge is 0.224 e. The number of benzene rings is 1. The Labute approximate surface area is 115 Å². The monoisotopic (exact) mass is 260 g/mol. The molecule has 0 atom stereocenters. The van der Waals surface area contributed by atoms with Crippen molar-refractivity contribution >= 4 is 11.6 Å². The summed E-state index contributed by atoms with van der Waals surface area (Å²) in [6, 6.07) is 7.88. The number of anilines is 1. The summed E-state index contributed by atoms with van der Waals surface area (Å²) in [4.78, 5) is 12.2. The summed E-state index contributed by atoms with van der Waals surface area (Å²) in [5, 5.41) is 3.02. The van der Waals surface area contributed by atoms with E-state index in [-0.39, 0.29) is 11.3 Å². The minimum atomic E-state index is 0.0328. The van der Waals surface area contributed by atoms with Crippen molar-refractivity contribution in [2.45, 2.75) is 45.4 Å². The highest BCUT2D eigenvalue weighted by molar-refractivity contribution is 5.91. The van der Waals surface area contributed by atoms with Crippen molar-refractivity contribution in [1.82, 2.24) is 0 Å². The molecule has 0 bridgehead atoms. The van der Waals surface area contributed by atoms with Crippen LogP contribution in [0.1, 0.15) is 44.1 Å². The van der Waals surface area contributed by atoms with E-state index in [1.54, 1.807) is 0 Å². The van der Waals surface area contributed by atoms with E-state index >= 15 is 0 Å². The maximum Gasteiger partial charge on any atom is 0.224 e. The zero-order valence-electron chi connectivity index (χ0n) is 11.7. The minimum absolute atomic E-state index is 0.0328. The Bertz CT molecular complexity index is 436. The molecular formula is C16H24N2O. The first-order chi connectivity index (χ1) is 9.15. The van der Waals surface area contributed by atoms with Crippen molar-refractivity contribution < 1.29 is 4.79 Å². The molecule has 19 heavy (non-hydrogen) atoms. The average Bonchev–Trinajstić information content (AvgIpc) is 2.42. The molecule has 0 saturated heterocycles. The second-order valence-electron chi connectivity index (χ2n) is 5.80. The topological polar surface area (TPSA) is 55.1 Å². The zero-order valence-corrected chi connectivity index (χ0v) is 11.7. The number of hydrogen-bond acceptors (Lipinski definition) is 2. The second kappa shape index (κ2) is 6.20. The number of carbonyl (C=O) groups excluding carboxylic acids is 1. The van der Waals surface area contributed by atoms with Crippen LogP contribution in [0.3, 0.4) is 0 Å². The van der Waals surface area contributed by atoms with Gasteiger partial charge in [0.25, 0.3) is 0 Å². The second-order valence-corrected chi connectivity index (χ2v) is 5.80. The van der Waals surface area contributed by atoms with Crippen LogP contribution in [0.15, 0.2) is 24.3 Å². The van der Waals surface area contributed by atoms with Crippen molar-refractivity contribution in [1.29, 1.82) is 0 Å². The SMILES string of the molecule is Cc1ccccc1NC(=O)CC1(CN)CCCCC1. The first-order valence-electron chi connectivity index (χ1n) is 7.21. The van der Waals surface area contributed by atoms with Crippen LogP contribution in [0.5, 0.6) is 0 Å². The van der Waals surface area contributed by atoms with E-state index < -0.39 is 0 Å². The molecule has 0 spiro atoms. The summed E-state index contributed by atoms with van der Waals surface area (Å²) in [6.45, 7) is 2.63. The Balaban J connectivity index is 1.98. The lowest BCUT2D eigenvalue weighted by molar-refractivity contribution is -0.118. The number of amides is 1. The third kappa shape index (κ3) is 3.57. The summed E-state index contributed by atoms with van der Waals surface area (Å²) in [5.41, 5.74) is 7.97. The van der Waals surface area contributed by atoms with Crippen LogP contribution < -0.4 is 11.1 Å². The van der Waals surface area contributed by atoms with E-state index in [1.165, 1.54) is 19.3 Å². The lowest BCUT2D eigenvalue weighted by atomic mass is 9.71. The Hall–Kier alpha value is -1.35. The molecule has 0 heterocycles. The number of rotatable bonds is 4. The molecular weight excluding hydrogens is 236 g/mol. The molecule has 1 saturated carbocycles. The van der Waals surface area contributed by atoms with Crippen LogP contribution in [0.4, 0.5) is 5.69 Å². The van der Waals surface area contributed by atoms with E-state index in [0.717, 1.165) is 24.1 Å². The third-order valence-corrected chi connectivity index (χ3v) is 4.30. The quantitative estimate of drug-likeness (QED) is 0.873. The van der Waals surface area contributed by atoms with Crippen LogP contribution in [0.25, 0.3) is 0 Å². The molecule has 1 aliphatic carbocycles. The molecule has 1 amide bonds. The molecule has 3 N–H and O–H groups in total. The first kappa shape index (κ1) is 14.1. The van der Waals surface area contributed by atoms with Gasteiger partial charge in [-0.05, 0) is 43.4 Å². The van der Waals surface area contributed by atoms with Gasteiger partial charge in [-0.1, -0.05) is 37.5 Å². The summed E-state index contributed by atoms with van der Waals surface area (Å²) in [5.74, 6) is 0.0988.